The average molecular weight is 346 g/mol. The molecule has 0 heterocycles. The summed E-state index contributed by atoms with van der Waals surface area (Å²) in [6.45, 7) is 0. The molecule has 0 bridgehead atoms. The molecule has 130 valence electrons. The number of benzene rings is 3. The molecule has 0 saturated heterocycles. The molecule has 3 rings (SSSR count). The molecular formula is C21H18N2O3. The van der Waals surface area contributed by atoms with Gasteiger partial charge in [-0.15, -0.1) is 0 Å². The molecule has 0 unspecified atom stereocenters. The molecule has 3 aromatic rings. The van der Waals surface area contributed by atoms with E-state index in [1.165, 1.54) is 19.4 Å². The minimum atomic E-state index is -0.330. The molecule has 0 saturated carbocycles. The van der Waals surface area contributed by atoms with Gasteiger partial charge >= 0.3 is 0 Å². The summed E-state index contributed by atoms with van der Waals surface area (Å²) in [6, 6.07) is 22.0. The predicted octanol–water partition coefficient (Wildman–Crippen LogP) is 3.83. The van der Waals surface area contributed by atoms with Gasteiger partial charge in [0.25, 0.3) is 5.91 Å². The first-order valence-corrected chi connectivity index (χ1v) is 8.03. The number of phenolic OH excluding ortho intramolecular Hbond substituents is 1. The Morgan fingerprint density at radius 3 is 2.38 bits per heavy atom. The van der Waals surface area contributed by atoms with Crippen molar-refractivity contribution in [3.63, 3.8) is 0 Å². The Balaban J connectivity index is 1.67. The fraction of sp³-hybridized carbons (Fsp3) is 0.0476. The Kier molecular flexibility index (Phi) is 5.29. The molecule has 0 aliphatic rings. The van der Waals surface area contributed by atoms with Gasteiger partial charge in [-0.2, -0.15) is 5.10 Å². The third-order valence-electron chi connectivity index (χ3n) is 3.86. The number of phenols is 1. The third kappa shape index (κ3) is 4.08. The van der Waals surface area contributed by atoms with Gasteiger partial charge in [0, 0.05) is 11.1 Å². The quantitative estimate of drug-likeness (QED) is 0.545. The summed E-state index contributed by atoms with van der Waals surface area (Å²) >= 11 is 0. The van der Waals surface area contributed by atoms with Gasteiger partial charge in [-0.1, -0.05) is 42.5 Å². The summed E-state index contributed by atoms with van der Waals surface area (Å²) in [7, 11) is 1.54. The number of methoxy groups -OCH3 is 1. The van der Waals surface area contributed by atoms with Crippen LogP contribution in [0, 0.1) is 0 Å². The lowest BCUT2D eigenvalue weighted by molar-refractivity contribution is 0.0955. The number of ether oxygens (including phenoxy) is 1. The maximum Gasteiger partial charge on any atom is 0.271 e. The first-order valence-electron chi connectivity index (χ1n) is 8.03. The number of rotatable bonds is 5. The van der Waals surface area contributed by atoms with Crippen LogP contribution >= 0.6 is 0 Å². The SMILES string of the molecule is COc1ccc(O)c(C=NNC(=O)c2ccc(-c3ccccc3)cc2)c1. The molecule has 0 aromatic heterocycles. The Labute approximate surface area is 151 Å². The van der Waals surface area contributed by atoms with Crippen LogP contribution in [0.25, 0.3) is 11.1 Å². The van der Waals surface area contributed by atoms with E-state index in [1.807, 2.05) is 42.5 Å². The predicted molar refractivity (Wildman–Crippen MR) is 102 cm³/mol. The van der Waals surface area contributed by atoms with E-state index in [0.717, 1.165) is 11.1 Å². The first kappa shape index (κ1) is 17.2. The Morgan fingerprint density at radius 1 is 1.00 bits per heavy atom. The summed E-state index contributed by atoms with van der Waals surface area (Å²) in [6.07, 6.45) is 1.37. The van der Waals surface area contributed by atoms with E-state index in [4.69, 9.17) is 4.74 Å². The molecule has 0 fully saturated rings. The zero-order valence-corrected chi connectivity index (χ0v) is 14.2. The zero-order valence-electron chi connectivity index (χ0n) is 14.2. The van der Waals surface area contributed by atoms with Crippen molar-refractivity contribution in [2.45, 2.75) is 0 Å². The van der Waals surface area contributed by atoms with Gasteiger partial charge in [0.2, 0.25) is 0 Å². The molecule has 0 radical (unpaired) electrons. The Hall–Kier alpha value is -3.60. The lowest BCUT2D eigenvalue weighted by atomic mass is 10.0. The van der Waals surface area contributed by atoms with Crippen molar-refractivity contribution in [1.29, 1.82) is 0 Å². The number of hydrogen-bond acceptors (Lipinski definition) is 4. The average Bonchev–Trinajstić information content (AvgIpc) is 2.70. The molecule has 0 spiro atoms. The van der Waals surface area contributed by atoms with E-state index in [9.17, 15) is 9.90 Å². The highest BCUT2D eigenvalue weighted by Crippen LogP contribution is 2.21. The maximum atomic E-state index is 12.2. The van der Waals surface area contributed by atoms with Gasteiger partial charge in [-0.3, -0.25) is 4.79 Å². The summed E-state index contributed by atoms with van der Waals surface area (Å²) in [4.78, 5) is 12.2. The lowest BCUT2D eigenvalue weighted by Crippen LogP contribution is -2.17. The molecule has 5 nitrogen and oxygen atoms in total. The minimum absolute atomic E-state index is 0.0519. The molecule has 0 atom stereocenters. The highest BCUT2D eigenvalue weighted by Gasteiger charge is 2.05. The maximum absolute atomic E-state index is 12.2. The van der Waals surface area contributed by atoms with Crippen LogP contribution in [0.4, 0.5) is 0 Å². The Bertz CT molecular complexity index is 920. The molecule has 0 aliphatic heterocycles. The Morgan fingerprint density at radius 2 is 1.69 bits per heavy atom. The molecule has 1 amide bonds. The van der Waals surface area contributed by atoms with Gasteiger partial charge in [0.1, 0.15) is 11.5 Å². The van der Waals surface area contributed by atoms with Crippen LogP contribution < -0.4 is 10.2 Å². The van der Waals surface area contributed by atoms with Crippen molar-refractivity contribution in [3.05, 3.63) is 83.9 Å². The zero-order chi connectivity index (χ0) is 18.4. The number of nitrogens with zero attached hydrogens (tertiary/aromatic N) is 1. The number of hydrogen-bond donors (Lipinski definition) is 2. The number of carbonyl (C=O) groups excluding carboxylic acids is 1. The van der Waals surface area contributed by atoms with Gasteiger partial charge in [0.15, 0.2) is 0 Å². The van der Waals surface area contributed by atoms with Crippen molar-refractivity contribution < 1.29 is 14.6 Å². The van der Waals surface area contributed by atoms with Crippen LogP contribution in [0.2, 0.25) is 0 Å². The van der Waals surface area contributed by atoms with E-state index < -0.39 is 0 Å². The normalized spacial score (nSPS) is 10.7. The van der Waals surface area contributed by atoms with Gasteiger partial charge in [-0.25, -0.2) is 5.43 Å². The second kappa shape index (κ2) is 7.98. The van der Waals surface area contributed by atoms with E-state index in [2.05, 4.69) is 10.5 Å². The molecule has 0 aliphatic carbocycles. The molecular weight excluding hydrogens is 328 g/mol. The molecule has 3 aromatic carbocycles. The van der Waals surface area contributed by atoms with Gasteiger partial charge in [-0.05, 0) is 41.5 Å². The fourth-order valence-electron chi connectivity index (χ4n) is 2.43. The number of carbonyl (C=O) groups is 1. The van der Waals surface area contributed by atoms with Gasteiger partial charge in [0.05, 0.1) is 13.3 Å². The summed E-state index contributed by atoms with van der Waals surface area (Å²) in [5, 5.41) is 13.7. The van der Waals surface area contributed by atoms with E-state index in [0.29, 0.717) is 16.9 Å². The van der Waals surface area contributed by atoms with Crippen molar-refractivity contribution >= 4 is 12.1 Å². The smallest absolute Gasteiger partial charge is 0.271 e. The van der Waals surface area contributed by atoms with Crippen LogP contribution in [-0.4, -0.2) is 24.3 Å². The standard InChI is InChI=1S/C21H18N2O3/c1-26-19-11-12-20(24)18(13-19)14-22-23-21(25)17-9-7-16(8-10-17)15-5-3-2-4-6-15/h2-14,24H,1H3,(H,23,25). The lowest BCUT2D eigenvalue weighted by Gasteiger charge is -2.04. The van der Waals surface area contributed by atoms with Gasteiger partial charge < -0.3 is 9.84 Å². The van der Waals surface area contributed by atoms with Crippen LogP contribution in [0.5, 0.6) is 11.5 Å². The number of nitrogens with one attached hydrogen (secondary N) is 1. The number of aromatic hydroxyl groups is 1. The third-order valence-corrected chi connectivity index (χ3v) is 3.86. The van der Waals surface area contributed by atoms with Crippen LogP contribution in [0.1, 0.15) is 15.9 Å². The van der Waals surface area contributed by atoms with Crippen LogP contribution in [-0.2, 0) is 0 Å². The molecule has 5 heteroatoms. The highest BCUT2D eigenvalue weighted by atomic mass is 16.5. The van der Waals surface area contributed by atoms with Crippen molar-refractivity contribution in [3.8, 4) is 22.6 Å². The highest BCUT2D eigenvalue weighted by molar-refractivity contribution is 5.95. The number of hydrazone groups is 1. The van der Waals surface area contributed by atoms with Crippen molar-refractivity contribution in [1.82, 2.24) is 5.43 Å². The van der Waals surface area contributed by atoms with E-state index >= 15 is 0 Å². The largest absolute Gasteiger partial charge is 0.507 e. The molecule has 26 heavy (non-hydrogen) atoms. The van der Waals surface area contributed by atoms with Crippen molar-refractivity contribution in [2.75, 3.05) is 7.11 Å². The van der Waals surface area contributed by atoms with E-state index in [1.54, 1.807) is 24.3 Å². The van der Waals surface area contributed by atoms with Crippen LogP contribution in [0.15, 0.2) is 77.9 Å². The second-order valence-electron chi connectivity index (χ2n) is 5.57. The number of amides is 1. The van der Waals surface area contributed by atoms with Crippen LogP contribution in [0.3, 0.4) is 0 Å². The van der Waals surface area contributed by atoms with Crippen molar-refractivity contribution in [2.24, 2.45) is 5.10 Å². The topological polar surface area (TPSA) is 70.9 Å². The van der Waals surface area contributed by atoms with E-state index in [-0.39, 0.29) is 11.7 Å². The first-order chi connectivity index (χ1) is 12.7. The summed E-state index contributed by atoms with van der Waals surface area (Å²) in [5.41, 5.74) is 5.52. The summed E-state index contributed by atoms with van der Waals surface area (Å²) < 4.78 is 5.09. The summed E-state index contributed by atoms with van der Waals surface area (Å²) in [5.74, 6) is 0.311. The minimum Gasteiger partial charge on any atom is -0.507 e. The fourth-order valence-corrected chi connectivity index (χ4v) is 2.43. The molecule has 2 N–H and O–H groups in total. The second-order valence-corrected chi connectivity index (χ2v) is 5.57. The monoisotopic (exact) mass is 346 g/mol.